The van der Waals surface area contributed by atoms with Crippen molar-refractivity contribution in [3.8, 4) is 17.1 Å². The zero-order chi connectivity index (χ0) is 18.1. The van der Waals surface area contributed by atoms with Crippen LogP contribution >= 0.6 is 11.6 Å². The largest absolute Gasteiger partial charge is 0.497 e. The van der Waals surface area contributed by atoms with E-state index in [-0.39, 0.29) is 0 Å². The number of nitrogens with zero attached hydrogens (tertiary/aromatic N) is 3. The van der Waals surface area contributed by atoms with Crippen LogP contribution in [0.2, 0.25) is 5.02 Å². The minimum Gasteiger partial charge on any atom is -0.497 e. The first-order valence-corrected chi connectivity index (χ1v) is 8.59. The van der Waals surface area contributed by atoms with Crippen LogP contribution in [-0.2, 0) is 12.8 Å². The van der Waals surface area contributed by atoms with E-state index in [2.05, 4.69) is 15.1 Å². The molecule has 0 saturated heterocycles. The van der Waals surface area contributed by atoms with Gasteiger partial charge in [0.15, 0.2) is 11.5 Å². The summed E-state index contributed by atoms with van der Waals surface area (Å²) in [6.45, 7) is 2.00. The second-order valence-electron chi connectivity index (χ2n) is 5.79. The Morgan fingerprint density at radius 3 is 2.73 bits per heavy atom. The standard InChI is InChI=1S/C19H16ClN3O3/c1-3-17-21-15-8-12(5-7-16(15)25-17)19-22-18(26-23-19)9-11-4-6-13(24-2)10-14(11)20/h4-8,10H,3,9H2,1-2H3. The van der Waals surface area contributed by atoms with Gasteiger partial charge in [0.1, 0.15) is 11.3 Å². The van der Waals surface area contributed by atoms with Crippen molar-refractivity contribution >= 4 is 22.7 Å². The molecule has 2 heterocycles. The van der Waals surface area contributed by atoms with Gasteiger partial charge in [0, 0.05) is 17.0 Å². The number of ether oxygens (including phenoxy) is 1. The molecule has 26 heavy (non-hydrogen) atoms. The van der Waals surface area contributed by atoms with Crippen LogP contribution in [-0.4, -0.2) is 22.2 Å². The van der Waals surface area contributed by atoms with Gasteiger partial charge in [-0.3, -0.25) is 0 Å². The molecule has 0 fully saturated rings. The first-order chi connectivity index (χ1) is 12.7. The summed E-state index contributed by atoms with van der Waals surface area (Å²) in [7, 11) is 1.60. The van der Waals surface area contributed by atoms with Gasteiger partial charge in [0.25, 0.3) is 0 Å². The van der Waals surface area contributed by atoms with E-state index in [1.807, 2.05) is 37.3 Å². The lowest BCUT2D eigenvalue weighted by molar-refractivity contribution is 0.385. The molecule has 0 spiro atoms. The molecule has 0 saturated carbocycles. The van der Waals surface area contributed by atoms with Crippen LogP contribution in [0.15, 0.2) is 45.3 Å². The molecule has 0 atom stereocenters. The number of halogens is 1. The molecule has 0 bridgehead atoms. The average molecular weight is 370 g/mol. The van der Waals surface area contributed by atoms with Crippen LogP contribution in [0.5, 0.6) is 5.75 Å². The van der Waals surface area contributed by atoms with E-state index >= 15 is 0 Å². The third kappa shape index (κ3) is 3.15. The van der Waals surface area contributed by atoms with Gasteiger partial charge in [0.05, 0.1) is 13.5 Å². The Morgan fingerprint density at radius 1 is 1.08 bits per heavy atom. The molecule has 0 amide bonds. The highest BCUT2D eigenvalue weighted by Gasteiger charge is 2.13. The highest BCUT2D eigenvalue weighted by molar-refractivity contribution is 6.31. The summed E-state index contributed by atoms with van der Waals surface area (Å²) in [5.74, 6) is 2.41. The predicted octanol–water partition coefficient (Wildman–Crippen LogP) is 4.69. The molecule has 0 aliphatic heterocycles. The second kappa shape index (κ2) is 6.80. The van der Waals surface area contributed by atoms with Crippen LogP contribution in [0.3, 0.4) is 0 Å². The van der Waals surface area contributed by atoms with Crippen LogP contribution in [0.4, 0.5) is 0 Å². The van der Waals surface area contributed by atoms with Crippen molar-refractivity contribution in [2.45, 2.75) is 19.8 Å². The quantitative estimate of drug-likeness (QED) is 0.508. The second-order valence-corrected chi connectivity index (χ2v) is 6.20. The molecule has 0 N–H and O–H groups in total. The molecule has 0 aliphatic rings. The molecule has 0 unspecified atom stereocenters. The monoisotopic (exact) mass is 369 g/mol. The van der Waals surface area contributed by atoms with Gasteiger partial charge >= 0.3 is 0 Å². The minimum absolute atomic E-state index is 0.446. The van der Waals surface area contributed by atoms with Crippen molar-refractivity contribution in [2.24, 2.45) is 0 Å². The van der Waals surface area contributed by atoms with Crippen LogP contribution < -0.4 is 4.74 Å². The van der Waals surface area contributed by atoms with Crippen molar-refractivity contribution < 1.29 is 13.7 Å². The zero-order valence-corrected chi connectivity index (χ0v) is 15.1. The lowest BCUT2D eigenvalue weighted by Crippen LogP contribution is -1.91. The SMILES string of the molecule is CCc1nc2cc(-c3noc(Cc4ccc(OC)cc4Cl)n3)ccc2o1. The number of oxazole rings is 1. The lowest BCUT2D eigenvalue weighted by Gasteiger charge is -2.04. The maximum Gasteiger partial charge on any atom is 0.231 e. The van der Waals surface area contributed by atoms with Crippen molar-refractivity contribution in [3.05, 3.63) is 58.8 Å². The summed E-state index contributed by atoms with van der Waals surface area (Å²) in [5.41, 5.74) is 3.25. The molecule has 6 nitrogen and oxygen atoms in total. The summed E-state index contributed by atoms with van der Waals surface area (Å²) in [4.78, 5) is 8.90. The maximum atomic E-state index is 6.27. The molecular formula is C19H16ClN3O3. The van der Waals surface area contributed by atoms with Gasteiger partial charge in [-0.2, -0.15) is 4.98 Å². The summed E-state index contributed by atoms with van der Waals surface area (Å²) >= 11 is 6.27. The first-order valence-electron chi connectivity index (χ1n) is 8.21. The molecule has 4 rings (SSSR count). The highest BCUT2D eigenvalue weighted by Crippen LogP contribution is 2.26. The van der Waals surface area contributed by atoms with E-state index in [9.17, 15) is 0 Å². The van der Waals surface area contributed by atoms with Gasteiger partial charge in [-0.25, -0.2) is 4.98 Å². The summed E-state index contributed by atoms with van der Waals surface area (Å²) in [6.07, 6.45) is 1.20. The molecule has 4 aromatic rings. The lowest BCUT2D eigenvalue weighted by atomic mass is 10.1. The number of fused-ring (bicyclic) bond motifs is 1. The molecular weight excluding hydrogens is 354 g/mol. The van der Waals surface area contributed by atoms with Gasteiger partial charge in [-0.1, -0.05) is 29.7 Å². The van der Waals surface area contributed by atoms with E-state index in [1.165, 1.54) is 0 Å². The maximum absolute atomic E-state index is 6.27. The Labute approximate surface area is 154 Å². The Balaban J connectivity index is 1.59. The number of rotatable bonds is 5. The van der Waals surface area contributed by atoms with Crippen molar-refractivity contribution in [1.29, 1.82) is 0 Å². The fraction of sp³-hybridized carbons (Fsp3) is 0.211. The predicted molar refractivity (Wildman–Crippen MR) is 97.5 cm³/mol. The average Bonchev–Trinajstić information content (AvgIpc) is 3.29. The minimum atomic E-state index is 0.446. The molecule has 7 heteroatoms. The van der Waals surface area contributed by atoms with Crippen molar-refractivity contribution in [1.82, 2.24) is 15.1 Å². The molecule has 2 aromatic heterocycles. The number of hydrogen-bond acceptors (Lipinski definition) is 6. The summed E-state index contributed by atoms with van der Waals surface area (Å²) in [6, 6.07) is 11.2. The smallest absolute Gasteiger partial charge is 0.231 e. The highest BCUT2D eigenvalue weighted by atomic mass is 35.5. The van der Waals surface area contributed by atoms with E-state index in [0.29, 0.717) is 34.8 Å². The fourth-order valence-corrected chi connectivity index (χ4v) is 2.91. The van der Waals surface area contributed by atoms with E-state index in [4.69, 9.17) is 25.3 Å². The van der Waals surface area contributed by atoms with Crippen LogP contribution in [0.25, 0.3) is 22.5 Å². The van der Waals surface area contributed by atoms with Gasteiger partial charge in [-0.15, -0.1) is 0 Å². The molecule has 0 radical (unpaired) electrons. The number of methoxy groups -OCH3 is 1. The first kappa shape index (κ1) is 16.6. The third-order valence-corrected chi connectivity index (χ3v) is 4.41. The number of aromatic nitrogens is 3. The Kier molecular flexibility index (Phi) is 4.34. The zero-order valence-electron chi connectivity index (χ0n) is 14.3. The summed E-state index contributed by atoms with van der Waals surface area (Å²) in [5, 5.41) is 4.66. The van der Waals surface area contributed by atoms with E-state index in [0.717, 1.165) is 28.6 Å². The summed E-state index contributed by atoms with van der Waals surface area (Å²) < 4.78 is 16.2. The van der Waals surface area contributed by atoms with Gasteiger partial charge in [-0.05, 0) is 35.9 Å². The Bertz CT molecular complexity index is 1070. The van der Waals surface area contributed by atoms with E-state index < -0.39 is 0 Å². The molecule has 132 valence electrons. The van der Waals surface area contributed by atoms with Gasteiger partial charge < -0.3 is 13.7 Å². The number of aryl methyl sites for hydroxylation is 1. The van der Waals surface area contributed by atoms with Crippen LogP contribution in [0, 0.1) is 0 Å². The topological polar surface area (TPSA) is 74.2 Å². The third-order valence-electron chi connectivity index (χ3n) is 4.06. The van der Waals surface area contributed by atoms with Crippen LogP contribution in [0.1, 0.15) is 24.3 Å². The van der Waals surface area contributed by atoms with Crippen molar-refractivity contribution in [2.75, 3.05) is 7.11 Å². The number of hydrogen-bond donors (Lipinski definition) is 0. The van der Waals surface area contributed by atoms with E-state index in [1.54, 1.807) is 13.2 Å². The Morgan fingerprint density at radius 2 is 1.96 bits per heavy atom. The Hall–Kier alpha value is -2.86. The molecule has 0 aliphatic carbocycles. The number of benzene rings is 2. The molecule has 2 aromatic carbocycles. The van der Waals surface area contributed by atoms with Crippen molar-refractivity contribution in [3.63, 3.8) is 0 Å². The fourth-order valence-electron chi connectivity index (χ4n) is 2.67. The normalized spacial score (nSPS) is 11.2. The van der Waals surface area contributed by atoms with Gasteiger partial charge in [0.2, 0.25) is 11.7 Å².